The maximum absolute atomic E-state index is 13.8. The first-order valence-electron chi connectivity index (χ1n) is 11.9. The summed E-state index contributed by atoms with van der Waals surface area (Å²) in [5, 5.41) is 9.02. The first kappa shape index (κ1) is 23.0. The van der Waals surface area contributed by atoms with Crippen molar-refractivity contribution in [2.75, 3.05) is 32.8 Å². The van der Waals surface area contributed by atoms with Gasteiger partial charge < -0.3 is 24.4 Å². The first-order chi connectivity index (χ1) is 15.5. The summed E-state index contributed by atoms with van der Waals surface area (Å²) in [7, 11) is 0. The Bertz CT molecular complexity index is 795. The summed E-state index contributed by atoms with van der Waals surface area (Å²) < 4.78 is 11.8. The van der Waals surface area contributed by atoms with E-state index in [1.165, 1.54) is 0 Å². The molecule has 0 saturated carbocycles. The summed E-state index contributed by atoms with van der Waals surface area (Å²) in [5.41, 5.74) is -1.16. The van der Waals surface area contributed by atoms with Gasteiger partial charge in [-0.3, -0.25) is 14.4 Å². The fourth-order valence-corrected chi connectivity index (χ4v) is 5.55. The number of unbranched alkanes of at least 4 members (excludes halogenated alkanes) is 4. The molecule has 5 atom stereocenters. The molecular formula is C24H34N2O6. The maximum Gasteiger partial charge on any atom is 0.313 e. The third-order valence-electron chi connectivity index (χ3n) is 7.09. The molecule has 4 aliphatic heterocycles. The van der Waals surface area contributed by atoms with Crippen LogP contribution >= 0.6 is 0 Å². The highest BCUT2D eigenvalue weighted by Crippen LogP contribution is 2.53. The molecule has 4 heterocycles. The van der Waals surface area contributed by atoms with Gasteiger partial charge in [-0.25, -0.2) is 0 Å². The minimum Gasteiger partial charge on any atom is -0.461 e. The standard InChI is InChI=1S/C24H34N2O6/c1-2-3-12-25-13-9-11-24-19(18-17(32-24)10-8-16-31-23(18)30)21(28)26(20(24)22(25)29)14-6-4-5-7-15-27/h8-11,17-20,27H,2-7,12-16H2,1H3/t17-,18+,19-,20?,24-/m0/s1. The second-order valence-corrected chi connectivity index (χ2v) is 9.11. The van der Waals surface area contributed by atoms with Crippen LogP contribution in [0.15, 0.2) is 24.3 Å². The zero-order valence-electron chi connectivity index (χ0n) is 18.8. The van der Waals surface area contributed by atoms with E-state index in [0.29, 0.717) is 19.6 Å². The van der Waals surface area contributed by atoms with E-state index in [1.54, 1.807) is 22.0 Å². The van der Waals surface area contributed by atoms with Gasteiger partial charge in [0.25, 0.3) is 0 Å². The van der Waals surface area contributed by atoms with Crippen LogP contribution in [-0.4, -0.2) is 83.3 Å². The topological polar surface area (TPSA) is 96.4 Å². The highest BCUT2D eigenvalue weighted by atomic mass is 16.6. The number of likely N-dealkylation sites (tertiary alicyclic amines) is 1. The van der Waals surface area contributed by atoms with Gasteiger partial charge in [0.15, 0.2) is 0 Å². The minimum absolute atomic E-state index is 0.108. The first-order valence-corrected chi connectivity index (χ1v) is 11.9. The van der Waals surface area contributed by atoms with Crippen molar-refractivity contribution in [1.82, 2.24) is 9.80 Å². The fourth-order valence-electron chi connectivity index (χ4n) is 5.55. The fraction of sp³-hybridized carbons (Fsp3) is 0.708. The SMILES string of the molecule is CCCCN1CC=C[C@]23O[C@H]4C=CCOC(=O)[C@H]4[C@H]2C(=O)N(CCCCCCO)C3C1=O. The van der Waals surface area contributed by atoms with E-state index in [0.717, 1.165) is 38.5 Å². The number of hydrogen-bond donors (Lipinski definition) is 1. The Morgan fingerprint density at radius 1 is 1.06 bits per heavy atom. The molecule has 2 fully saturated rings. The van der Waals surface area contributed by atoms with E-state index < -0.39 is 35.6 Å². The number of rotatable bonds is 9. The molecule has 4 rings (SSSR count). The van der Waals surface area contributed by atoms with Crippen molar-refractivity contribution in [3.05, 3.63) is 24.3 Å². The van der Waals surface area contributed by atoms with Crippen LogP contribution in [0.1, 0.15) is 45.4 Å². The number of esters is 1. The molecule has 0 aliphatic carbocycles. The zero-order valence-corrected chi connectivity index (χ0v) is 18.8. The molecule has 8 heteroatoms. The molecule has 4 aliphatic rings. The van der Waals surface area contributed by atoms with Crippen molar-refractivity contribution in [3.63, 3.8) is 0 Å². The Morgan fingerprint density at radius 3 is 2.66 bits per heavy atom. The van der Waals surface area contributed by atoms with Crippen molar-refractivity contribution in [2.45, 2.75) is 63.2 Å². The molecule has 0 aromatic carbocycles. The molecule has 2 saturated heterocycles. The number of carbonyl (C=O) groups excluding carboxylic acids is 3. The lowest BCUT2D eigenvalue weighted by atomic mass is 9.78. The normalized spacial score (nSPS) is 33.6. The van der Waals surface area contributed by atoms with Crippen LogP contribution in [-0.2, 0) is 23.9 Å². The summed E-state index contributed by atoms with van der Waals surface area (Å²) in [6.45, 7) is 3.93. The molecule has 8 nitrogen and oxygen atoms in total. The second kappa shape index (κ2) is 9.75. The van der Waals surface area contributed by atoms with Gasteiger partial charge >= 0.3 is 5.97 Å². The highest BCUT2D eigenvalue weighted by Gasteiger charge is 2.71. The van der Waals surface area contributed by atoms with E-state index in [-0.39, 0.29) is 25.0 Å². The Balaban J connectivity index is 1.67. The largest absolute Gasteiger partial charge is 0.461 e. The number of cyclic esters (lactones) is 1. The summed E-state index contributed by atoms with van der Waals surface area (Å²) in [5.74, 6) is -2.26. The predicted octanol–water partition coefficient (Wildman–Crippen LogP) is 1.43. The molecule has 32 heavy (non-hydrogen) atoms. The number of aliphatic hydroxyl groups excluding tert-OH is 1. The Kier molecular flexibility index (Phi) is 7.00. The number of ether oxygens (including phenoxy) is 2. The zero-order chi connectivity index (χ0) is 22.7. The number of hydrogen-bond acceptors (Lipinski definition) is 6. The van der Waals surface area contributed by atoms with Gasteiger partial charge in [-0.1, -0.05) is 44.4 Å². The number of aliphatic hydroxyl groups is 1. The number of carbonyl (C=O) groups is 3. The summed E-state index contributed by atoms with van der Waals surface area (Å²) >= 11 is 0. The minimum atomic E-state index is -1.16. The summed E-state index contributed by atoms with van der Waals surface area (Å²) in [6.07, 6.45) is 11.8. The average molecular weight is 447 g/mol. The van der Waals surface area contributed by atoms with Gasteiger partial charge in [-0.2, -0.15) is 0 Å². The quantitative estimate of drug-likeness (QED) is 0.327. The number of amides is 2. The van der Waals surface area contributed by atoms with Crippen molar-refractivity contribution in [3.8, 4) is 0 Å². The van der Waals surface area contributed by atoms with Gasteiger partial charge in [0.1, 0.15) is 24.2 Å². The predicted molar refractivity (Wildman–Crippen MR) is 116 cm³/mol. The van der Waals surface area contributed by atoms with E-state index in [4.69, 9.17) is 14.6 Å². The average Bonchev–Trinajstić information content (AvgIpc) is 3.08. The lowest BCUT2D eigenvalue weighted by Crippen LogP contribution is -2.55. The second-order valence-electron chi connectivity index (χ2n) is 9.11. The van der Waals surface area contributed by atoms with Gasteiger partial charge in [0.2, 0.25) is 11.8 Å². The molecule has 0 aromatic heterocycles. The van der Waals surface area contributed by atoms with Crippen LogP contribution in [0.25, 0.3) is 0 Å². The Hall–Kier alpha value is -2.19. The Labute approximate surface area is 189 Å². The molecule has 2 amide bonds. The molecule has 0 radical (unpaired) electrons. The van der Waals surface area contributed by atoms with Gasteiger partial charge in [0, 0.05) is 26.2 Å². The lowest BCUT2D eigenvalue weighted by molar-refractivity contribution is -0.153. The van der Waals surface area contributed by atoms with Gasteiger partial charge in [-0.05, 0) is 25.3 Å². The molecular weight excluding hydrogens is 412 g/mol. The summed E-state index contributed by atoms with van der Waals surface area (Å²) in [6, 6.07) is -0.776. The van der Waals surface area contributed by atoms with Crippen LogP contribution in [0.2, 0.25) is 0 Å². The third kappa shape index (κ3) is 3.88. The molecule has 0 aromatic rings. The third-order valence-corrected chi connectivity index (χ3v) is 7.09. The Morgan fingerprint density at radius 2 is 1.88 bits per heavy atom. The van der Waals surface area contributed by atoms with E-state index >= 15 is 0 Å². The van der Waals surface area contributed by atoms with Crippen LogP contribution in [0, 0.1) is 11.8 Å². The van der Waals surface area contributed by atoms with E-state index in [2.05, 4.69) is 6.92 Å². The van der Waals surface area contributed by atoms with Crippen molar-refractivity contribution >= 4 is 17.8 Å². The van der Waals surface area contributed by atoms with E-state index in [9.17, 15) is 14.4 Å². The number of nitrogens with zero attached hydrogens (tertiary/aromatic N) is 2. The van der Waals surface area contributed by atoms with Crippen molar-refractivity contribution < 1.29 is 29.0 Å². The van der Waals surface area contributed by atoms with E-state index in [1.807, 2.05) is 12.2 Å². The highest BCUT2D eigenvalue weighted by molar-refractivity contribution is 5.99. The monoisotopic (exact) mass is 446 g/mol. The molecule has 1 unspecified atom stereocenters. The van der Waals surface area contributed by atoms with Crippen LogP contribution < -0.4 is 0 Å². The van der Waals surface area contributed by atoms with Crippen molar-refractivity contribution in [1.29, 1.82) is 0 Å². The maximum atomic E-state index is 13.8. The van der Waals surface area contributed by atoms with Crippen molar-refractivity contribution in [2.24, 2.45) is 11.8 Å². The number of fused-ring (bicyclic) bond motifs is 2. The molecule has 1 spiro atoms. The van der Waals surface area contributed by atoms with Crippen LogP contribution in [0.5, 0.6) is 0 Å². The molecule has 176 valence electrons. The molecule has 1 N–H and O–H groups in total. The summed E-state index contributed by atoms with van der Waals surface area (Å²) in [4.78, 5) is 43.8. The molecule has 0 bridgehead atoms. The van der Waals surface area contributed by atoms with Crippen LogP contribution in [0.4, 0.5) is 0 Å². The van der Waals surface area contributed by atoms with Crippen LogP contribution in [0.3, 0.4) is 0 Å². The lowest BCUT2D eigenvalue weighted by Gasteiger charge is -2.35. The van der Waals surface area contributed by atoms with Gasteiger partial charge in [0.05, 0.1) is 12.0 Å². The smallest absolute Gasteiger partial charge is 0.313 e. The van der Waals surface area contributed by atoms with Gasteiger partial charge in [-0.15, -0.1) is 0 Å².